The van der Waals surface area contributed by atoms with Crippen molar-refractivity contribution in [1.82, 2.24) is 9.88 Å². The monoisotopic (exact) mass is 471 g/mol. The molecule has 2 heterocycles. The number of hydrogen-bond acceptors (Lipinski definition) is 6. The molecule has 1 aliphatic rings. The minimum Gasteiger partial charge on any atom is -0.507 e. The van der Waals surface area contributed by atoms with Gasteiger partial charge in [0.1, 0.15) is 11.5 Å². The van der Waals surface area contributed by atoms with Gasteiger partial charge in [-0.1, -0.05) is 18.2 Å². The molecule has 4 rings (SSSR count). The van der Waals surface area contributed by atoms with Gasteiger partial charge in [-0.15, -0.1) is 0 Å². The second-order valence-corrected chi connectivity index (χ2v) is 8.93. The summed E-state index contributed by atoms with van der Waals surface area (Å²) in [5, 5.41) is 11.3. The molecule has 1 atom stereocenters. The fraction of sp³-hybridized carbons (Fsp3) is 0.250. The molecule has 35 heavy (non-hydrogen) atoms. The quantitative estimate of drug-likeness (QED) is 0.309. The number of aliphatic hydroxyl groups excluding tert-OH is 1. The average Bonchev–Trinajstić information content (AvgIpc) is 3.09. The molecular formula is C28H29N3O4. The van der Waals surface area contributed by atoms with E-state index >= 15 is 0 Å². The third-order valence-corrected chi connectivity index (χ3v) is 5.82. The first-order chi connectivity index (χ1) is 16.8. The van der Waals surface area contributed by atoms with Gasteiger partial charge in [-0.3, -0.25) is 14.6 Å². The zero-order valence-corrected chi connectivity index (χ0v) is 20.3. The number of rotatable bonds is 7. The first kappa shape index (κ1) is 24.0. The molecule has 1 N–H and O–H groups in total. The molecule has 1 saturated heterocycles. The first-order valence-corrected chi connectivity index (χ1v) is 11.5. The van der Waals surface area contributed by atoms with Crippen molar-refractivity contribution in [2.75, 3.05) is 19.0 Å². The van der Waals surface area contributed by atoms with Crippen LogP contribution in [0.2, 0.25) is 0 Å². The Hall–Kier alpha value is -4.13. The van der Waals surface area contributed by atoms with Crippen LogP contribution in [-0.4, -0.2) is 46.9 Å². The van der Waals surface area contributed by atoms with E-state index in [0.29, 0.717) is 17.0 Å². The van der Waals surface area contributed by atoms with Crippen LogP contribution in [0.4, 0.5) is 5.69 Å². The molecule has 180 valence electrons. The number of Topliss-reactive ketones (excluding diaryl/α,β-unsaturated/α-hetero) is 1. The summed E-state index contributed by atoms with van der Waals surface area (Å²) in [5.41, 5.74) is 2.86. The van der Waals surface area contributed by atoms with Crippen LogP contribution in [0, 0.1) is 0 Å². The number of anilines is 1. The second-order valence-electron chi connectivity index (χ2n) is 8.93. The molecule has 3 aromatic rings. The summed E-state index contributed by atoms with van der Waals surface area (Å²) in [6, 6.07) is 19.1. The van der Waals surface area contributed by atoms with Crippen LogP contribution in [0.1, 0.15) is 36.7 Å². The molecule has 1 aliphatic heterocycles. The van der Waals surface area contributed by atoms with E-state index < -0.39 is 17.7 Å². The summed E-state index contributed by atoms with van der Waals surface area (Å²) in [4.78, 5) is 34.2. The van der Waals surface area contributed by atoms with Crippen molar-refractivity contribution in [3.05, 3.63) is 95.3 Å². The molecule has 0 radical (unpaired) electrons. The Morgan fingerprint density at radius 2 is 1.71 bits per heavy atom. The van der Waals surface area contributed by atoms with E-state index in [9.17, 15) is 14.7 Å². The Kier molecular flexibility index (Phi) is 6.87. The number of benzene rings is 2. The SMILES string of the molecule is CC(C)Oc1ccc(/C(O)=C2/C(=O)C(=O)N(Cc3ccccn3)C2c2ccc(N(C)C)cc2)cc1. The zero-order chi connectivity index (χ0) is 25.1. The van der Waals surface area contributed by atoms with Gasteiger partial charge in [0, 0.05) is 31.5 Å². The number of hydrogen-bond donors (Lipinski definition) is 1. The van der Waals surface area contributed by atoms with E-state index in [0.717, 1.165) is 11.3 Å². The van der Waals surface area contributed by atoms with Crippen molar-refractivity contribution >= 4 is 23.1 Å². The Balaban J connectivity index is 1.80. The lowest BCUT2D eigenvalue weighted by atomic mass is 9.95. The number of aromatic nitrogens is 1. The molecule has 7 nitrogen and oxygen atoms in total. The maximum Gasteiger partial charge on any atom is 0.296 e. The summed E-state index contributed by atoms with van der Waals surface area (Å²) < 4.78 is 5.68. The minimum absolute atomic E-state index is 0.0107. The van der Waals surface area contributed by atoms with Crippen LogP contribution in [0.5, 0.6) is 5.75 Å². The van der Waals surface area contributed by atoms with Crippen molar-refractivity contribution in [1.29, 1.82) is 0 Å². The van der Waals surface area contributed by atoms with Crippen LogP contribution in [0.25, 0.3) is 5.76 Å². The molecule has 2 aromatic carbocycles. The van der Waals surface area contributed by atoms with Gasteiger partial charge in [0.2, 0.25) is 0 Å². The molecule has 7 heteroatoms. The maximum absolute atomic E-state index is 13.2. The lowest BCUT2D eigenvalue weighted by Gasteiger charge is -2.25. The Bertz CT molecular complexity index is 1230. The van der Waals surface area contributed by atoms with Gasteiger partial charge in [0.25, 0.3) is 11.7 Å². The molecule has 0 saturated carbocycles. The number of ketones is 1. The fourth-order valence-electron chi connectivity index (χ4n) is 4.13. The Labute approximate surface area is 205 Å². The largest absolute Gasteiger partial charge is 0.507 e. The van der Waals surface area contributed by atoms with Gasteiger partial charge >= 0.3 is 0 Å². The number of carbonyl (C=O) groups is 2. The van der Waals surface area contributed by atoms with Crippen molar-refractivity contribution in [2.24, 2.45) is 0 Å². The molecular weight excluding hydrogens is 442 g/mol. The van der Waals surface area contributed by atoms with Crippen molar-refractivity contribution in [2.45, 2.75) is 32.5 Å². The van der Waals surface area contributed by atoms with Crippen LogP contribution >= 0.6 is 0 Å². The minimum atomic E-state index is -0.750. The summed E-state index contributed by atoms with van der Waals surface area (Å²) >= 11 is 0. The third-order valence-electron chi connectivity index (χ3n) is 5.82. The summed E-state index contributed by atoms with van der Waals surface area (Å²) in [6.45, 7) is 4.00. The molecule has 0 aliphatic carbocycles. The van der Waals surface area contributed by atoms with Gasteiger partial charge in [0.15, 0.2) is 0 Å². The molecule has 0 spiro atoms. The Morgan fingerprint density at radius 1 is 1.03 bits per heavy atom. The zero-order valence-electron chi connectivity index (χ0n) is 20.3. The average molecular weight is 472 g/mol. The van der Waals surface area contributed by atoms with Gasteiger partial charge in [-0.05, 0) is 67.9 Å². The van der Waals surface area contributed by atoms with Crippen LogP contribution in [-0.2, 0) is 16.1 Å². The van der Waals surface area contributed by atoms with Gasteiger partial charge in [-0.25, -0.2) is 0 Å². The van der Waals surface area contributed by atoms with Crippen LogP contribution < -0.4 is 9.64 Å². The molecule has 1 aromatic heterocycles. The highest BCUT2D eigenvalue weighted by atomic mass is 16.5. The lowest BCUT2D eigenvalue weighted by Crippen LogP contribution is -2.29. The van der Waals surface area contributed by atoms with E-state index in [2.05, 4.69) is 4.98 Å². The fourth-order valence-corrected chi connectivity index (χ4v) is 4.13. The molecule has 0 bridgehead atoms. The highest BCUT2D eigenvalue weighted by Crippen LogP contribution is 2.40. The topological polar surface area (TPSA) is 83.0 Å². The van der Waals surface area contributed by atoms with Crippen molar-refractivity contribution in [3.63, 3.8) is 0 Å². The third kappa shape index (κ3) is 5.04. The first-order valence-electron chi connectivity index (χ1n) is 11.5. The number of nitrogens with zero attached hydrogens (tertiary/aromatic N) is 3. The number of likely N-dealkylation sites (tertiary alicyclic amines) is 1. The molecule has 1 amide bonds. The maximum atomic E-state index is 13.2. The highest BCUT2D eigenvalue weighted by molar-refractivity contribution is 6.46. The predicted molar refractivity (Wildman–Crippen MR) is 135 cm³/mol. The number of carbonyl (C=O) groups excluding carboxylic acids is 2. The summed E-state index contributed by atoms with van der Waals surface area (Å²) in [7, 11) is 3.88. The summed E-state index contributed by atoms with van der Waals surface area (Å²) in [5.74, 6) is -0.950. The van der Waals surface area contributed by atoms with Crippen molar-refractivity contribution < 1.29 is 19.4 Å². The number of amides is 1. The van der Waals surface area contributed by atoms with Gasteiger partial charge in [0.05, 0.1) is 30.0 Å². The van der Waals surface area contributed by atoms with E-state index in [1.165, 1.54) is 4.90 Å². The summed E-state index contributed by atoms with van der Waals surface area (Å²) in [6.07, 6.45) is 1.66. The predicted octanol–water partition coefficient (Wildman–Crippen LogP) is 4.56. The van der Waals surface area contributed by atoms with Crippen LogP contribution in [0.15, 0.2) is 78.5 Å². The van der Waals surface area contributed by atoms with Crippen LogP contribution in [0.3, 0.4) is 0 Å². The van der Waals surface area contributed by atoms with E-state index in [1.54, 1.807) is 42.6 Å². The molecule has 1 unspecified atom stereocenters. The standard InChI is InChI=1S/C28H29N3O4/c1-18(2)35-23-14-10-20(11-15-23)26(32)24-25(19-8-12-22(13-9-19)30(3)4)31(28(34)27(24)33)17-21-7-5-6-16-29-21/h5-16,18,25,32H,17H2,1-4H3/b26-24-. The molecule has 1 fully saturated rings. The number of ether oxygens (including phenoxy) is 1. The second kappa shape index (κ2) is 10.0. The smallest absolute Gasteiger partial charge is 0.296 e. The van der Waals surface area contributed by atoms with Gasteiger partial charge < -0.3 is 19.6 Å². The number of aliphatic hydroxyl groups is 1. The van der Waals surface area contributed by atoms with E-state index in [-0.39, 0.29) is 24.0 Å². The number of pyridine rings is 1. The van der Waals surface area contributed by atoms with E-state index in [1.807, 2.05) is 63.2 Å². The van der Waals surface area contributed by atoms with E-state index in [4.69, 9.17) is 4.74 Å². The highest BCUT2D eigenvalue weighted by Gasteiger charge is 2.46. The van der Waals surface area contributed by atoms with Crippen molar-refractivity contribution in [3.8, 4) is 5.75 Å². The van der Waals surface area contributed by atoms with Gasteiger partial charge in [-0.2, -0.15) is 0 Å². The lowest BCUT2D eigenvalue weighted by molar-refractivity contribution is -0.140. The Morgan fingerprint density at radius 3 is 2.29 bits per heavy atom. The normalized spacial score (nSPS) is 17.2.